The van der Waals surface area contributed by atoms with Gasteiger partial charge in [0.15, 0.2) is 17.5 Å². The number of halogens is 1. The van der Waals surface area contributed by atoms with Gasteiger partial charge in [0, 0.05) is 19.8 Å². The van der Waals surface area contributed by atoms with E-state index in [4.69, 9.17) is 9.47 Å². The SMILES string of the molecule is CN=C(NCCc1ccc2c(c1)OCO2)NCc1ccn[nH]1.I. The number of hydrogen-bond acceptors (Lipinski definition) is 4. The predicted molar refractivity (Wildman–Crippen MR) is 98.5 cm³/mol. The number of aliphatic imine (C=N–C) groups is 1. The van der Waals surface area contributed by atoms with E-state index in [1.54, 1.807) is 13.2 Å². The van der Waals surface area contributed by atoms with Crippen LogP contribution in [0, 0.1) is 0 Å². The van der Waals surface area contributed by atoms with Crippen molar-refractivity contribution in [1.29, 1.82) is 0 Å². The third kappa shape index (κ3) is 4.75. The number of guanidine groups is 1. The highest BCUT2D eigenvalue weighted by Gasteiger charge is 2.12. The van der Waals surface area contributed by atoms with Gasteiger partial charge in [0.05, 0.1) is 12.2 Å². The molecule has 1 aromatic heterocycles. The largest absolute Gasteiger partial charge is 0.454 e. The molecule has 0 aliphatic carbocycles. The zero-order valence-electron chi connectivity index (χ0n) is 12.8. The highest BCUT2D eigenvalue weighted by atomic mass is 127. The van der Waals surface area contributed by atoms with Gasteiger partial charge in [0.1, 0.15) is 0 Å². The number of fused-ring (bicyclic) bond motifs is 1. The average Bonchev–Trinajstić information content (AvgIpc) is 3.21. The van der Waals surface area contributed by atoms with Gasteiger partial charge < -0.3 is 20.1 Å². The molecule has 2 aromatic rings. The van der Waals surface area contributed by atoms with Crippen molar-refractivity contribution in [3.05, 3.63) is 41.7 Å². The molecule has 23 heavy (non-hydrogen) atoms. The number of hydrogen-bond donors (Lipinski definition) is 3. The summed E-state index contributed by atoms with van der Waals surface area (Å²) in [5.41, 5.74) is 2.21. The molecule has 1 aliphatic heterocycles. The van der Waals surface area contributed by atoms with Gasteiger partial charge >= 0.3 is 0 Å². The van der Waals surface area contributed by atoms with E-state index in [-0.39, 0.29) is 24.0 Å². The molecule has 0 bridgehead atoms. The van der Waals surface area contributed by atoms with Crippen LogP contribution in [0.5, 0.6) is 11.5 Å². The normalized spacial score (nSPS) is 12.7. The molecule has 0 saturated carbocycles. The maximum absolute atomic E-state index is 5.38. The van der Waals surface area contributed by atoms with Gasteiger partial charge in [-0.1, -0.05) is 6.07 Å². The van der Waals surface area contributed by atoms with E-state index in [2.05, 4.69) is 31.9 Å². The summed E-state index contributed by atoms with van der Waals surface area (Å²) in [7, 11) is 1.75. The number of aromatic nitrogens is 2. The maximum atomic E-state index is 5.38. The van der Waals surface area contributed by atoms with Gasteiger partial charge in [-0.05, 0) is 30.2 Å². The van der Waals surface area contributed by atoms with E-state index < -0.39 is 0 Å². The number of nitrogens with zero attached hydrogens (tertiary/aromatic N) is 2. The molecule has 0 radical (unpaired) electrons. The van der Waals surface area contributed by atoms with Crippen molar-refractivity contribution in [2.75, 3.05) is 20.4 Å². The second-order valence-electron chi connectivity index (χ2n) is 4.87. The number of aromatic amines is 1. The molecular formula is C15H20IN5O2. The molecule has 0 spiro atoms. The van der Waals surface area contributed by atoms with Crippen LogP contribution in [0.15, 0.2) is 35.5 Å². The fourth-order valence-electron chi connectivity index (χ4n) is 2.20. The predicted octanol–water partition coefficient (Wildman–Crippen LogP) is 1.66. The Labute approximate surface area is 151 Å². The lowest BCUT2D eigenvalue weighted by molar-refractivity contribution is 0.174. The minimum absolute atomic E-state index is 0. The van der Waals surface area contributed by atoms with Crippen LogP contribution in [0.3, 0.4) is 0 Å². The van der Waals surface area contributed by atoms with Crippen LogP contribution in [0.4, 0.5) is 0 Å². The van der Waals surface area contributed by atoms with Gasteiger partial charge in [-0.15, -0.1) is 24.0 Å². The summed E-state index contributed by atoms with van der Waals surface area (Å²) >= 11 is 0. The molecule has 124 valence electrons. The van der Waals surface area contributed by atoms with Crippen molar-refractivity contribution < 1.29 is 9.47 Å². The van der Waals surface area contributed by atoms with Gasteiger partial charge in [0.2, 0.25) is 6.79 Å². The zero-order valence-corrected chi connectivity index (χ0v) is 15.2. The number of rotatable bonds is 5. The van der Waals surface area contributed by atoms with Crippen LogP contribution in [-0.2, 0) is 13.0 Å². The van der Waals surface area contributed by atoms with Crippen molar-refractivity contribution in [3.8, 4) is 11.5 Å². The van der Waals surface area contributed by atoms with Gasteiger partial charge in [-0.2, -0.15) is 5.10 Å². The maximum Gasteiger partial charge on any atom is 0.231 e. The molecular weight excluding hydrogens is 409 g/mol. The molecule has 0 saturated heterocycles. The highest BCUT2D eigenvalue weighted by Crippen LogP contribution is 2.32. The first-order valence-corrected chi connectivity index (χ1v) is 7.16. The lowest BCUT2D eigenvalue weighted by Gasteiger charge is -2.11. The summed E-state index contributed by atoms with van der Waals surface area (Å²) in [5.74, 6) is 2.39. The fraction of sp³-hybridized carbons (Fsp3) is 0.333. The molecule has 3 rings (SSSR count). The first-order chi connectivity index (χ1) is 10.8. The van der Waals surface area contributed by atoms with E-state index in [1.807, 2.05) is 18.2 Å². The Balaban J connectivity index is 0.00000192. The Morgan fingerprint density at radius 2 is 2.13 bits per heavy atom. The molecule has 1 aliphatic rings. The fourth-order valence-corrected chi connectivity index (χ4v) is 2.20. The second kappa shape index (κ2) is 8.61. The van der Waals surface area contributed by atoms with Crippen LogP contribution >= 0.6 is 24.0 Å². The van der Waals surface area contributed by atoms with Crippen molar-refractivity contribution in [1.82, 2.24) is 20.8 Å². The van der Waals surface area contributed by atoms with Crippen molar-refractivity contribution in [2.45, 2.75) is 13.0 Å². The average molecular weight is 429 g/mol. The zero-order chi connectivity index (χ0) is 15.2. The quantitative estimate of drug-likeness (QED) is 0.383. The number of nitrogens with one attached hydrogen (secondary N) is 3. The van der Waals surface area contributed by atoms with Gasteiger partial charge in [-0.3, -0.25) is 10.1 Å². The van der Waals surface area contributed by atoms with Crippen LogP contribution < -0.4 is 20.1 Å². The van der Waals surface area contributed by atoms with Crippen molar-refractivity contribution >= 4 is 29.9 Å². The molecule has 8 heteroatoms. The lowest BCUT2D eigenvalue weighted by atomic mass is 10.1. The van der Waals surface area contributed by atoms with Crippen LogP contribution in [-0.4, -0.2) is 36.5 Å². The van der Waals surface area contributed by atoms with E-state index >= 15 is 0 Å². The summed E-state index contributed by atoms with van der Waals surface area (Å²) in [6.07, 6.45) is 2.61. The second-order valence-corrected chi connectivity index (χ2v) is 4.87. The van der Waals surface area contributed by atoms with E-state index in [1.165, 1.54) is 5.56 Å². The van der Waals surface area contributed by atoms with Crippen LogP contribution in [0.1, 0.15) is 11.3 Å². The van der Waals surface area contributed by atoms with E-state index in [9.17, 15) is 0 Å². The first-order valence-electron chi connectivity index (χ1n) is 7.16. The van der Waals surface area contributed by atoms with Crippen molar-refractivity contribution in [2.24, 2.45) is 4.99 Å². The minimum atomic E-state index is 0. The van der Waals surface area contributed by atoms with E-state index in [0.29, 0.717) is 13.3 Å². The molecule has 0 fully saturated rings. The molecule has 0 atom stereocenters. The Hall–Kier alpha value is -1.97. The summed E-state index contributed by atoms with van der Waals surface area (Å²) in [6, 6.07) is 7.94. The molecule has 3 N–H and O–H groups in total. The summed E-state index contributed by atoms with van der Waals surface area (Å²) in [4.78, 5) is 4.19. The molecule has 0 amide bonds. The highest BCUT2D eigenvalue weighted by molar-refractivity contribution is 14.0. The lowest BCUT2D eigenvalue weighted by Crippen LogP contribution is -2.37. The minimum Gasteiger partial charge on any atom is -0.454 e. The van der Waals surface area contributed by atoms with Gasteiger partial charge in [-0.25, -0.2) is 0 Å². The van der Waals surface area contributed by atoms with Crippen LogP contribution in [0.2, 0.25) is 0 Å². The third-order valence-corrected chi connectivity index (χ3v) is 3.37. The Morgan fingerprint density at radius 1 is 1.26 bits per heavy atom. The Morgan fingerprint density at radius 3 is 2.91 bits per heavy atom. The Kier molecular flexibility index (Phi) is 6.51. The topological polar surface area (TPSA) is 83.6 Å². The first kappa shape index (κ1) is 17.4. The summed E-state index contributed by atoms with van der Waals surface area (Å²) in [5, 5.41) is 13.3. The monoisotopic (exact) mass is 429 g/mol. The Bertz CT molecular complexity index is 645. The van der Waals surface area contributed by atoms with Gasteiger partial charge in [0.25, 0.3) is 0 Å². The number of ether oxygens (including phenoxy) is 2. The summed E-state index contributed by atoms with van der Waals surface area (Å²) in [6.45, 7) is 1.74. The standard InChI is InChI=1S/C15H19N5O2.HI/c1-16-15(18-9-12-5-7-19-20-12)17-6-4-11-2-3-13-14(8-11)22-10-21-13;/h2-3,5,7-8H,4,6,9-10H2,1H3,(H,19,20)(H2,16,17,18);1H. The smallest absolute Gasteiger partial charge is 0.231 e. The van der Waals surface area contributed by atoms with E-state index in [0.717, 1.165) is 36.1 Å². The molecule has 7 nitrogen and oxygen atoms in total. The molecule has 1 aromatic carbocycles. The number of benzene rings is 1. The number of H-pyrrole nitrogens is 1. The molecule has 0 unspecified atom stereocenters. The van der Waals surface area contributed by atoms with Crippen molar-refractivity contribution in [3.63, 3.8) is 0 Å². The molecule has 2 heterocycles. The third-order valence-electron chi connectivity index (χ3n) is 3.37. The van der Waals surface area contributed by atoms with Crippen LogP contribution in [0.25, 0.3) is 0 Å². The summed E-state index contributed by atoms with van der Waals surface area (Å²) < 4.78 is 10.7.